The first-order valence-electron chi connectivity index (χ1n) is 3.37. The van der Waals surface area contributed by atoms with Crippen LogP contribution < -0.4 is 0 Å². The van der Waals surface area contributed by atoms with Crippen molar-refractivity contribution in [3.05, 3.63) is 12.2 Å². The maximum Gasteiger partial charge on any atom is 0.393 e. The monoisotopic (exact) mass is 197 g/mol. The molecular weight excluding hydrogens is 191 g/mol. The van der Waals surface area contributed by atoms with Crippen LogP contribution in [0.5, 0.6) is 0 Å². The molecule has 1 rings (SSSR count). The van der Waals surface area contributed by atoms with Gasteiger partial charge in [-0.3, -0.25) is 0 Å². The van der Waals surface area contributed by atoms with Gasteiger partial charge in [0.15, 0.2) is 0 Å². The molecule has 0 aromatic heterocycles. The fraction of sp³-hybridized carbons (Fsp3) is 0.571. The normalized spacial score (nSPS) is 30.8. The molecule has 12 heavy (non-hydrogen) atoms. The molecule has 2 unspecified atom stereocenters. The second kappa shape index (κ2) is 3.09. The van der Waals surface area contributed by atoms with Gasteiger partial charge in [-0.05, 0) is 6.08 Å². The largest absolute Gasteiger partial charge is 0.393 e. The van der Waals surface area contributed by atoms with E-state index >= 15 is 0 Å². The Kier molecular flexibility index (Phi) is 2.46. The molecule has 0 amide bonds. The second-order valence-corrected chi connectivity index (χ2v) is 3.18. The number of rotatable bonds is 0. The summed E-state index contributed by atoms with van der Waals surface area (Å²) in [5.74, 6) is -1.60. The molecule has 2 atom stereocenters. The van der Waals surface area contributed by atoms with E-state index in [1.54, 1.807) is 0 Å². The van der Waals surface area contributed by atoms with Gasteiger partial charge in [0.1, 0.15) is 0 Å². The molecule has 0 aliphatic heterocycles. The lowest BCUT2D eigenvalue weighted by molar-refractivity contribution is -0.170. The number of nitrogens with one attached hydrogen (secondary N) is 1. The van der Waals surface area contributed by atoms with Gasteiger partial charge in [-0.25, -0.2) is 0 Å². The van der Waals surface area contributed by atoms with Crippen LogP contribution in [0, 0.1) is 11.3 Å². The van der Waals surface area contributed by atoms with E-state index in [1.165, 1.54) is 12.2 Å². The quantitative estimate of drug-likeness (QED) is 0.578. The molecular formula is C7H7ClF3N. The smallest absolute Gasteiger partial charge is 0.305 e. The van der Waals surface area contributed by atoms with Crippen molar-refractivity contribution in [2.24, 2.45) is 5.92 Å². The minimum Gasteiger partial charge on any atom is -0.305 e. The van der Waals surface area contributed by atoms with E-state index in [-0.39, 0.29) is 12.1 Å². The van der Waals surface area contributed by atoms with Crippen LogP contribution >= 0.6 is 11.6 Å². The van der Waals surface area contributed by atoms with E-state index in [2.05, 4.69) is 0 Å². The predicted molar refractivity (Wildman–Crippen MR) is 40.7 cm³/mol. The van der Waals surface area contributed by atoms with Crippen LogP contribution in [-0.2, 0) is 0 Å². The number of hydrogen-bond donors (Lipinski definition) is 1. The van der Waals surface area contributed by atoms with Crippen molar-refractivity contribution in [1.82, 2.24) is 0 Å². The summed E-state index contributed by atoms with van der Waals surface area (Å²) in [6, 6.07) is 0. The van der Waals surface area contributed by atoms with Crippen LogP contribution in [0.15, 0.2) is 12.2 Å². The van der Waals surface area contributed by atoms with E-state index in [4.69, 9.17) is 17.0 Å². The highest BCUT2D eigenvalue weighted by atomic mass is 35.5. The summed E-state index contributed by atoms with van der Waals surface area (Å²) >= 11 is 5.43. The third-order valence-electron chi connectivity index (χ3n) is 1.73. The van der Waals surface area contributed by atoms with Gasteiger partial charge in [-0.2, -0.15) is 13.2 Å². The lowest BCUT2D eigenvalue weighted by Crippen LogP contribution is -2.34. The third kappa shape index (κ3) is 2.00. The van der Waals surface area contributed by atoms with E-state index in [0.717, 1.165) is 0 Å². The summed E-state index contributed by atoms with van der Waals surface area (Å²) in [6.45, 7) is 0. The summed E-state index contributed by atoms with van der Waals surface area (Å²) < 4.78 is 36.5. The molecule has 1 N–H and O–H groups in total. The van der Waals surface area contributed by atoms with E-state index in [1.807, 2.05) is 0 Å². The van der Waals surface area contributed by atoms with Gasteiger partial charge in [0.05, 0.1) is 11.3 Å². The lowest BCUT2D eigenvalue weighted by atomic mass is 9.92. The number of hydrogen-bond acceptors (Lipinski definition) is 1. The van der Waals surface area contributed by atoms with Crippen LogP contribution in [0.2, 0.25) is 0 Å². The van der Waals surface area contributed by atoms with Crippen molar-refractivity contribution < 1.29 is 13.2 Å². The Morgan fingerprint density at radius 2 is 2.08 bits per heavy atom. The highest BCUT2D eigenvalue weighted by molar-refractivity contribution is 6.23. The van der Waals surface area contributed by atoms with Crippen LogP contribution in [0.4, 0.5) is 13.2 Å². The first kappa shape index (κ1) is 9.58. The zero-order valence-corrected chi connectivity index (χ0v) is 6.78. The molecule has 0 saturated heterocycles. The van der Waals surface area contributed by atoms with Gasteiger partial charge in [0.2, 0.25) is 0 Å². The summed E-state index contributed by atoms with van der Waals surface area (Å²) in [6.07, 6.45) is -2.08. The van der Waals surface area contributed by atoms with Gasteiger partial charge in [-0.1, -0.05) is 6.08 Å². The Hall–Kier alpha value is -0.510. The standard InChI is InChI=1S/C7H7ClF3N/c8-6-2-1-4(12)3-5(6)7(9,10)11/h1-2,5-6,12H,3H2. The molecule has 5 heteroatoms. The van der Waals surface area contributed by atoms with E-state index in [9.17, 15) is 13.2 Å². The van der Waals surface area contributed by atoms with Gasteiger partial charge in [-0.15, -0.1) is 11.6 Å². The molecule has 0 radical (unpaired) electrons. The van der Waals surface area contributed by atoms with Crippen LogP contribution in [0.1, 0.15) is 6.42 Å². The maximum atomic E-state index is 12.2. The molecule has 0 fully saturated rings. The Balaban J connectivity index is 2.79. The van der Waals surface area contributed by atoms with Crippen molar-refractivity contribution in [3.63, 3.8) is 0 Å². The minimum absolute atomic E-state index is 0.0192. The molecule has 1 nitrogen and oxygen atoms in total. The fourth-order valence-corrected chi connectivity index (χ4v) is 1.36. The minimum atomic E-state index is -4.30. The third-order valence-corrected chi connectivity index (χ3v) is 2.18. The van der Waals surface area contributed by atoms with Crippen LogP contribution in [0.3, 0.4) is 0 Å². The molecule has 0 bridgehead atoms. The van der Waals surface area contributed by atoms with Crippen molar-refractivity contribution in [2.75, 3.05) is 0 Å². The van der Waals surface area contributed by atoms with Crippen molar-refractivity contribution in [2.45, 2.75) is 18.0 Å². The predicted octanol–water partition coefficient (Wildman–Crippen LogP) is 2.75. The Bertz CT molecular complexity index is 221. The summed E-state index contributed by atoms with van der Waals surface area (Å²) in [5, 5.41) is 6.01. The number of halogens is 4. The fourth-order valence-electron chi connectivity index (χ4n) is 1.06. The van der Waals surface area contributed by atoms with E-state index in [0.29, 0.717) is 0 Å². The Labute approximate surface area is 72.7 Å². The summed E-state index contributed by atoms with van der Waals surface area (Å²) in [4.78, 5) is 0. The molecule has 1 aliphatic rings. The summed E-state index contributed by atoms with van der Waals surface area (Å²) in [7, 11) is 0. The molecule has 1 aliphatic carbocycles. The SMILES string of the molecule is N=C1C=CC(Cl)C(C(F)(F)F)C1. The Morgan fingerprint density at radius 3 is 2.50 bits per heavy atom. The molecule has 0 spiro atoms. The Morgan fingerprint density at radius 1 is 1.50 bits per heavy atom. The highest BCUT2D eigenvalue weighted by Crippen LogP contribution is 2.36. The zero-order chi connectivity index (χ0) is 9.35. The maximum absolute atomic E-state index is 12.2. The van der Waals surface area contributed by atoms with Crippen molar-refractivity contribution in [1.29, 1.82) is 5.41 Å². The van der Waals surface area contributed by atoms with Crippen LogP contribution in [0.25, 0.3) is 0 Å². The van der Waals surface area contributed by atoms with Crippen molar-refractivity contribution in [3.8, 4) is 0 Å². The topological polar surface area (TPSA) is 23.9 Å². The zero-order valence-electron chi connectivity index (χ0n) is 6.03. The van der Waals surface area contributed by atoms with E-state index < -0.39 is 17.5 Å². The van der Waals surface area contributed by atoms with Gasteiger partial charge in [0.25, 0.3) is 0 Å². The van der Waals surface area contributed by atoms with Gasteiger partial charge in [0, 0.05) is 12.1 Å². The van der Waals surface area contributed by atoms with Gasteiger partial charge >= 0.3 is 6.18 Å². The van der Waals surface area contributed by atoms with Gasteiger partial charge < -0.3 is 5.41 Å². The lowest BCUT2D eigenvalue weighted by Gasteiger charge is -2.25. The first-order valence-corrected chi connectivity index (χ1v) is 3.81. The van der Waals surface area contributed by atoms with Crippen molar-refractivity contribution >= 4 is 17.3 Å². The highest BCUT2D eigenvalue weighted by Gasteiger charge is 2.44. The first-order chi connectivity index (χ1) is 5.41. The average molecular weight is 198 g/mol. The van der Waals surface area contributed by atoms with Crippen LogP contribution in [-0.4, -0.2) is 17.3 Å². The summed E-state index contributed by atoms with van der Waals surface area (Å²) in [5.41, 5.74) is -0.0192. The number of allylic oxidation sites excluding steroid dienone is 2. The molecule has 0 saturated carbocycles. The molecule has 0 aromatic carbocycles. The molecule has 0 heterocycles. The average Bonchev–Trinajstić information content (AvgIpc) is 1.92. The molecule has 0 aromatic rings. The second-order valence-electron chi connectivity index (χ2n) is 2.68. The molecule has 68 valence electrons. The number of alkyl halides is 4.